The molecule has 0 atom stereocenters. The lowest BCUT2D eigenvalue weighted by Crippen LogP contribution is -1.70. The summed E-state index contributed by atoms with van der Waals surface area (Å²) < 4.78 is 0.981. The zero-order chi connectivity index (χ0) is 6.41. The van der Waals surface area contributed by atoms with Gasteiger partial charge in [-0.05, 0) is 17.0 Å². The fourth-order valence-electron chi connectivity index (χ4n) is 0.396. The third kappa shape index (κ3) is 4.06. The molecule has 0 bridgehead atoms. The standard InChI is InChI=1S/C6H9BrO/c1-2-3-6(7)4-5-8/h4-5H,2-3H2,1H3/b6-4+. The van der Waals surface area contributed by atoms with Crippen LogP contribution in [0.3, 0.4) is 0 Å². The molecule has 0 saturated carbocycles. The van der Waals surface area contributed by atoms with E-state index in [1.54, 1.807) is 0 Å². The smallest absolute Gasteiger partial charge is 0.143 e. The predicted molar refractivity (Wildman–Crippen MR) is 38.0 cm³/mol. The Balaban J connectivity index is 3.44. The first kappa shape index (κ1) is 7.89. The van der Waals surface area contributed by atoms with Gasteiger partial charge in [0.05, 0.1) is 0 Å². The molecule has 0 rings (SSSR count). The van der Waals surface area contributed by atoms with Crippen LogP contribution in [0.5, 0.6) is 0 Å². The highest BCUT2D eigenvalue weighted by molar-refractivity contribution is 9.11. The van der Waals surface area contributed by atoms with E-state index in [2.05, 4.69) is 22.9 Å². The Morgan fingerprint density at radius 2 is 2.38 bits per heavy atom. The first-order valence-corrected chi connectivity index (χ1v) is 3.40. The van der Waals surface area contributed by atoms with Crippen LogP contribution in [0.1, 0.15) is 19.8 Å². The Hall–Kier alpha value is -0.110. The maximum Gasteiger partial charge on any atom is 0.143 e. The number of allylic oxidation sites excluding steroid dienone is 2. The van der Waals surface area contributed by atoms with Gasteiger partial charge in [0.2, 0.25) is 0 Å². The normalized spacial score (nSPS) is 11.5. The van der Waals surface area contributed by atoms with Crippen LogP contribution in [0.4, 0.5) is 0 Å². The topological polar surface area (TPSA) is 17.1 Å². The fraction of sp³-hybridized carbons (Fsp3) is 0.500. The number of hydrogen-bond acceptors (Lipinski definition) is 1. The van der Waals surface area contributed by atoms with Crippen molar-refractivity contribution in [2.75, 3.05) is 0 Å². The molecule has 0 saturated heterocycles. The highest BCUT2D eigenvalue weighted by Crippen LogP contribution is 2.10. The van der Waals surface area contributed by atoms with Crippen molar-refractivity contribution >= 4 is 22.2 Å². The van der Waals surface area contributed by atoms with Crippen molar-refractivity contribution in [3.63, 3.8) is 0 Å². The molecule has 0 aromatic rings. The summed E-state index contributed by atoms with van der Waals surface area (Å²) in [6.07, 6.45) is 4.35. The molecule has 0 radical (unpaired) electrons. The Kier molecular flexibility index (Phi) is 4.97. The van der Waals surface area contributed by atoms with Crippen LogP contribution in [0, 0.1) is 0 Å². The van der Waals surface area contributed by atoms with Gasteiger partial charge in [-0.1, -0.05) is 29.3 Å². The third-order valence-corrected chi connectivity index (χ3v) is 1.40. The highest BCUT2D eigenvalue weighted by atomic mass is 79.9. The molecule has 0 amide bonds. The molecule has 0 aromatic heterocycles. The first-order chi connectivity index (χ1) is 3.81. The maximum absolute atomic E-state index is 9.78. The van der Waals surface area contributed by atoms with Gasteiger partial charge in [-0.3, -0.25) is 4.79 Å². The molecule has 2 heteroatoms. The number of carbonyl (C=O) groups excluding carboxylic acids is 1. The van der Waals surface area contributed by atoms with Crippen molar-refractivity contribution < 1.29 is 4.79 Å². The highest BCUT2D eigenvalue weighted by Gasteiger charge is 1.84. The minimum atomic E-state index is 0.791. The molecule has 1 nitrogen and oxygen atoms in total. The van der Waals surface area contributed by atoms with Gasteiger partial charge in [-0.15, -0.1) is 0 Å². The minimum Gasteiger partial charge on any atom is -0.299 e. The monoisotopic (exact) mass is 176 g/mol. The van der Waals surface area contributed by atoms with E-state index >= 15 is 0 Å². The number of hydrogen-bond donors (Lipinski definition) is 0. The summed E-state index contributed by atoms with van der Waals surface area (Å²) in [5.74, 6) is 0. The molecule has 0 unspecified atom stereocenters. The van der Waals surface area contributed by atoms with Crippen LogP contribution in [-0.2, 0) is 4.79 Å². The van der Waals surface area contributed by atoms with Gasteiger partial charge in [0, 0.05) is 0 Å². The van der Waals surface area contributed by atoms with Crippen molar-refractivity contribution in [1.82, 2.24) is 0 Å². The summed E-state index contributed by atoms with van der Waals surface area (Å²) in [7, 11) is 0. The van der Waals surface area contributed by atoms with Crippen LogP contribution >= 0.6 is 15.9 Å². The second-order valence-electron chi connectivity index (χ2n) is 1.50. The molecular formula is C6H9BrO. The first-order valence-electron chi connectivity index (χ1n) is 2.61. The lowest BCUT2D eigenvalue weighted by atomic mass is 10.3. The summed E-state index contributed by atoms with van der Waals surface area (Å²) in [6.45, 7) is 2.07. The molecule has 0 heterocycles. The van der Waals surface area contributed by atoms with Crippen LogP contribution in [0.15, 0.2) is 10.6 Å². The van der Waals surface area contributed by atoms with E-state index in [0.717, 1.165) is 23.6 Å². The Bertz CT molecular complexity index is 96.7. The molecule has 0 aromatic carbocycles. The Labute approximate surface area is 57.9 Å². The molecule has 0 aliphatic heterocycles. The molecule has 46 valence electrons. The third-order valence-electron chi connectivity index (χ3n) is 0.738. The molecule has 0 aliphatic carbocycles. The van der Waals surface area contributed by atoms with Crippen LogP contribution < -0.4 is 0 Å². The lowest BCUT2D eigenvalue weighted by Gasteiger charge is -1.88. The average molecular weight is 177 g/mol. The summed E-state index contributed by atoms with van der Waals surface area (Å²) in [5, 5.41) is 0. The fourth-order valence-corrected chi connectivity index (χ4v) is 0.900. The second kappa shape index (κ2) is 5.04. The molecule has 0 aliphatic rings. The number of rotatable bonds is 3. The van der Waals surface area contributed by atoms with Crippen molar-refractivity contribution in [2.24, 2.45) is 0 Å². The summed E-state index contributed by atoms with van der Waals surface area (Å²) >= 11 is 3.23. The molecule has 8 heavy (non-hydrogen) atoms. The summed E-state index contributed by atoms with van der Waals surface area (Å²) in [5.41, 5.74) is 0. The van der Waals surface area contributed by atoms with E-state index < -0.39 is 0 Å². The molecular weight excluding hydrogens is 168 g/mol. The second-order valence-corrected chi connectivity index (χ2v) is 2.52. The van der Waals surface area contributed by atoms with E-state index in [-0.39, 0.29) is 0 Å². The van der Waals surface area contributed by atoms with Crippen LogP contribution in [0.25, 0.3) is 0 Å². The maximum atomic E-state index is 9.78. The van der Waals surface area contributed by atoms with Gasteiger partial charge >= 0.3 is 0 Å². The molecule has 0 spiro atoms. The number of aldehydes is 1. The zero-order valence-electron chi connectivity index (χ0n) is 4.86. The summed E-state index contributed by atoms with van der Waals surface area (Å²) in [4.78, 5) is 9.78. The SMILES string of the molecule is CCC/C(Br)=C\C=O. The number of halogens is 1. The van der Waals surface area contributed by atoms with E-state index in [1.807, 2.05) is 0 Å². The van der Waals surface area contributed by atoms with Gasteiger partial charge < -0.3 is 0 Å². The zero-order valence-corrected chi connectivity index (χ0v) is 6.44. The van der Waals surface area contributed by atoms with Crippen LogP contribution in [-0.4, -0.2) is 6.29 Å². The van der Waals surface area contributed by atoms with Gasteiger partial charge in [0.1, 0.15) is 6.29 Å². The quantitative estimate of drug-likeness (QED) is 0.477. The Morgan fingerprint density at radius 3 is 2.75 bits per heavy atom. The number of carbonyl (C=O) groups is 1. The minimum absolute atomic E-state index is 0.791. The largest absolute Gasteiger partial charge is 0.299 e. The van der Waals surface area contributed by atoms with Gasteiger partial charge in [0.15, 0.2) is 0 Å². The van der Waals surface area contributed by atoms with Crippen molar-refractivity contribution in [1.29, 1.82) is 0 Å². The molecule has 0 N–H and O–H groups in total. The summed E-state index contributed by atoms with van der Waals surface area (Å²) in [6, 6.07) is 0. The van der Waals surface area contributed by atoms with E-state index in [4.69, 9.17) is 0 Å². The van der Waals surface area contributed by atoms with Gasteiger partial charge in [0.25, 0.3) is 0 Å². The predicted octanol–water partition coefficient (Wildman–Crippen LogP) is 2.26. The Morgan fingerprint density at radius 1 is 1.75 bits per heavy atom. The van der Waals surface area contributed by atoms with Crippen molar-refractivity contribution in [2.45, 2.75) is 19.8 Å². The van der Waals surface area contributed by atoms with Crippen molar-refractivity contribution in [3.8, 4) is 0 Å². The molecule has 0 fully saturated rings. The van der Waals surface area contributed by atoms with Gasteiger partial charge in [-0.2, -0.15) is 0 Å². The average Bonchev–Trinajstić information content (AvgIpc) is 1.68. The lowest BCUT2D eigenvalue weighted by molar-refractivity contribution is -0.104. The van der Waals surface area contributed by atoms with Crippen LogP contribution in [0.2, 0.25) is 0 Å². The van der Waals surface area contributed by atoms with E-state index in [0.29, 0.717) is 0 Å². The van der Waals surface area contributed by atoms with E-state index in [9.17, 15) is 4.79 Å². The van der Waals surface area contributed by atoms with Gasteiger partial charge in [-0.25, -0.2) is 0 Å². The van der Waals surface area contributed by atoms with Crippen molar-refractivity contribution in [3.05, 3.63) is 10.6 Å². The van der Waals surface area contributed by atoms with E-state index in [1.165, 1.54) is 6.08 Å².